The van der Waals surface area contributed by atoms with Crippen molar-refractivity contribution in [3.63, 3.8) is 0 Å². The largest absolute Gasteiger partial charge is 0.348 e. The van der Waals surface area contributed by atoms with Crippen molar-refractivity contribution in [1.82, 2.24) is 10.3 Å². The third kappa shape index (κ3) is 5.25. The second-order valence-electron chi connectivity index (χ2n) is 7.66. The van der Waals surface area contributed by atoms with E-state index in [9.17, 15) is 9.59 Å². The lowest BCUT2D eigenvalue weighted by Crippen LogP contribution is -2.23. The maximum atomic E-state index is 13.0. The lowest BCUT2D eigenvalue weighted by molar-refractivity contribution is -0.117. The van der Waals surface area contributed by atoms with E-state index >= 15 is 0 Å². The van der Waals surface area contributed by atoms with Crippen molar-refractivity contribution in [2.24, 2.45) is 5.92 Å². The summed E-state index contributed by atoms with van der Waals surface area (Å²) in [5.41, 5.74) is 1.99. The van der Waals surface area contributed by atoms with Gasteiger partial charge in [0.2, 0.25) is 5.91 Å². The van der Waals surface area contributed by atoms with E-state index < -0.39 is 28.0 Å². The summed E-state index contributed by atoms with van der Waals surface area (Å²) in [5, 5.41) is 6.44. The lowest BCUT2D eigenvalue weighted by atomic mass is 10.1. The van der Waals surface area contributed by atoms with Crippen LogP contribution >= 0.6 is 69.6 Å². The van der Waals surface area contributed by atoms with E-state index in [1.165, 1.54) is 12.1 Å². The zero-order valence-corrected chi connectivity index (χ0v) is 21.6. The molecular formula is C23H15Cl6N3O2. The Morgan fingerprint density at radius 2 is 1.68 bits per heavy atom. The van der Waals surface area contributed by atoms with E-state index in [1.807, 2.05) is 6.07 Å². The monoisotopic (exact) mass is 575 g/mol. The minimum absolute atomic E-state index is 0.204. The van der Waals surface area contributed by atoms with E-state index in [1.54, 1.807) is 36.7 Å². The molecule has 2 aromatic carbocycles. The number of alkyl halides is 2. The van der Waals surface area contributed by atoms with Crippen molar-refractivity contribution in [3.05, 3.63) is 91.6 Å². The number of carbonyl (C=O) groups is 2. The Morgan fingerprint density at radius 3 is 2.32 bits per heavy atom. The number of anilines is 1. The van der Waals surface area contributed by atoms with Crippen LogP contribution in [-0.4, -0.2) is 21.1 Å². The van der Waals surface area contributed by atoms with E-state index in [0.717, 1.165) is 5.56 Å². The summed E-state index contributed by atoms with van der Waals surface area (Å²) in [4.78, 5) is 29.6. The quantitative estimate of drug-likeness (QED) is 0.241. The molecule has 34 heavy (non-hydrogen) atoms. The minimum atomic E-state index is -1.36. The highest BCUT2D eigenvalue weighted by Crippen LogP contribution is 2.65. The van der Waals surface area contributed by atoms with Crippen LogP contribution in [0, 0.1) is 5.92 Å². The first-order valence-corrected chi connectivity index (χ1v) is 12.2. The number of amides is 2. The number of hydrogen-bond donors (Lipinski definition) is 2. The lowest BCUT2D eigenvalue weighted by Gasteiger charge is -2.10. The predicted molar refractivity (Wildman–Crippen MR) is 138 cm³/mol. The van der Waals surface area contributed by atoms with E-state index in [2.05, 4.69) is 15.6 Å². The van der Waals surface area contributed by atoms with Gasteiger partial charge in [0.05, 0.1) is 31.6 Å². The number of pyridine rings is 1. The molecule has 1 fully saturated rings. The van der Waals surface area contributed by atoms with E-state index in [-0.39, 0.29) is 32.2 Å². The molecule has 1 saturated carbocycles. The Labute approximate surface area is 225 Å². The van der Waals surface area contributed by atoms with Crippen molar-refractivity contribution >= 4 is 87.1 Å². The molecule has 0 radical (unpaired) electrons. The summed E-state index contributed by atoms with van der Waals surface area (Å²) in [6.07, 6.45) is 3.29. The van der Waals surface area contributed by atoms with Gasteiger partial charge in [-0.25, -0.2) is 0 Å². The van der Waals surface area contributed by atoms with Crippen LogP contribution in [0.2, 0.25) is 20.1 Å². The first-order valence-electron chi connectivity index (χ1n) is 9.89. The number of aromatic nitrogens is 1. The number of nitrogens with one attached hydrogen (secondary N) is 2. The molecule has 1 heterocycles. The van der Waals surface area contributed by atoms with E-state index in [4.69, 9.17) is 69.6 Å². The molecule has 2 amide bonds. The molecule has 1 aliphatic carbocycles. The first kappa shape index (κ1) is 25.4. The van der Waals surface area contributed by atoms with Crippen LogP contribution in [0.4, 0.5) is 5.69 Å². The van der Waals surface area contributed by atoms with Crippen LogP contribution in [0.1, 0.15) is 27.4 Å². The summed E-state index contributed by atoms with van der Waals surface area (Å²) in [6, 6.07) is 11.4. The van der Waals surface area contributed by atoms with Crippen molar-refractivity contribution in [2.75, 3.05) is 5.32 Å². The van der Waals surface area contributed by atoms with Crippen LogP contribution in [0.15, 0.2) is 54.9 Å². The fourth-order valence-corrected chi connectivity index (χ4v) is 5.24. The molecule has 2 N–H and O–H groups in total. The molecule has 11 heteroatoms. The molecule has 1 aliphatic rings. The standard InChI is InChI=1S/C23H15Cl6N3O2/c24-15-4-3-13(8-14(15)21(33)31-10-11-2-1-5-30-9-11)32-22(34)19-18(23(19,28)29)12-6-16(25)20(27)17(26)7-12/h1-9,18-19H,10H2,(H,31,33)(H,32,34)/t18-,19+/m0/s1. The van der Waals surface area contributed by atoms with E-state index in [0.29, 0.717) is 11.3 Å². The fraction of sp³-hybridized carbons (Fsp3) is 0.174. The molecule has 1 aromatic heterocycles. The van der Waals surface area contributed by atoms with Crippen LogP contribution in [0.3, 0.4) is 0 Å². The average molecular weight is 578 g/mol. The second-order valence-corrected chi connectivity index (χ2v) is 10.7. The molecule has 0 aliphatic heterocycles. The SMILES string of the molecule is O=C(NCc1cccnc1)c1cc(NC(=O)[C@H]2[C@H](c3cc(Cl)c(Cl)c(Cl)c3)C2(Cl)Cl)ccc1Cl. The van der Waals surface area contributed by atoms with Gasteiger partial charge in [0, 0.05) is 30.5 Å². The number of halogens is 6. The smallest absolute Gasteiger partial charge is 0.253 e. The van der Waals surface area contributed by atoms with Gasteiger partial charge in [0.25, 0.3) is 5.91 Å². The van der Waals surface area contributed by atoms with Crippen LogP contribution in [0.5, 0.6) is 0 Å². The molecule has 0 unspecified atom stereocenters. The Balaban J connectivity index is 1.47. The molecule has 0 spiro atoms. The molecule has 0 bridgehead atoms. The van der Waals surface area contributed by atoms with Crippen LogP contribution in [-0.2, 0) is 11.3 Å². The number of nitrogens with zero attached hydrogens (tertiary/aromatic N) is 1. The first-order chi connectivity index (χ1) is 16.1. The normalized spacial score (nSPS) is 18.3. The second kappa shape index (κ2) is 10.1. The van der Waals surface area contributed by atoms with Gasteiger partial charge in [-0.2, -0.15) is 0 Å². The van der Waals surface area contributed by atoms with Crippen molar-refractivity contribution in [1.29, 1.82) is 0 Å². The maximum Gasteiger partial charge on any atom is 0.253 e. The maximum absolute atomic E-state index is 13.0. The predicted octanol–water partition coefficient (Wildman–Crippen LogP) is 7.15. The highest BCUT2D eigenvalue weighted by Gasteiger charge is 2.67. The number of benzene rings is 2. The van der Waals surface area contributed by atoms with Crippen molar-refractivity contribution in [3.8, 4) is 0 Å². The van der Waals surface area contributed by atoms with Gasteiger partial charge in [-0.3, -0.25) is 14.6 Å². The zero-order valence-electron chi connectivity index (χ0n) is 17.1. The van der Waals surface area contributed by atoms with Gasteiger partial charge in [0.15, 0.2) is 0 Å². The summed E-state index contributed by atoms with van der Waals surface area (Å²) in [6.45, 7) is 0.274. The number of carbonyl (C=O) groups excluding carboxylic acids is 2. The molecule has 5 nitrogen and oxygen atoms in total. The Hall–Kier alpha value is -1.73. The molecule has 4 rings (SSSR count). The van der Waals surface area contributed by atoms with Gasteiger partial charge in [-0.1, -0.05) is 52.5 Å². The average Bonchev–Trinajstić information content (AvgIpc) is 3.39. The molecule has 0 saturated heterocycles. The summed E-state index contributed by atoms with van der Waals surface area (Å²) in [5.74, 6) is -2.15. The van der Waals surface area contributed by atoms with Gasteiger partial charge in [0.1, 0.15) is 4.33 Å². The van der Waals surface area contributed by atoms with Crippen molar-refractivity contribution < 1.29 is 9.59 Å². The van der Waals surface area contributed by atoms with Gasteiger partial charge >= 0.3 is 0 Å². The zero-order chi connectivity index (χ0) is 24.6. The fourth-order valence-electron chi connectivity index (χ4n) is 3.60. The summed E-state index contributed by atoms with van der Waals surface area (Å²) >= 11 is 37.3. The topological polar surface area (TPSA) is 71.1 Å². The Bertz CT molecular complexity index is 1250. The van der Waals surface area contributed by atoms with Gasteiger partial charge in [-0.05, 0) is 47.5 Å². The van der Waals surface area contributed by atoms with Crippen LogP contribution in [0.25, 0.3) is 0 Å². The third-order valence-corrected chi connectivity index (χ3v) is 7.82. The van der Waals surface area contributed by atoms with Crippen molar-refractivity contribution in [2.45, 2.75) is 16.8 Å². The number of hydrogen-bond acceptors (Lipinski definition) is 3. The van der Waals surface area contributed by atoms with Gasteiger partial charge in [-0.15, -0.1) is 23.2 Å². The van der Waals surface area contributed by atoms with Gasteiger partial charge < -0.3 is 10.6 Å². The third-order valence-electron chi connectivity index (χ3n) is 5.36. The Kier molecular flexibility index (Phi) is 7.53. The molecular weight excluding hydrogens is 563 g/mol. The Morgan fingerprint density at radius 1 is 0.971 bits per heavy atom. The molecule has 176 valence electrons. The number of rotatable bonds is 6. The highest BCUT2D eigenvalue weighted by atomic mass is 35.5. The minimum Gasteiger partial charge on any atom is -0.348 e. The van der Waals surface area contributed by atoms with Crippen LogP contribution < -0.4 is 10.6 Å². The summed E-state index contributed by atoms with van der Waals surface area (Å²) in [7, 11) is 0. The molecule has 2 atom stereocenters. The molecule has 3 aromatic rings. The highest BCUT2D eigenvalue weighted by molar-refractivity contribution is 6.54. The summed E-state index contributed by atoms with van der Waals surface area (Å²) < 4.78 is -1.36.